The Hall–Kier alpha value is -0.740. The molecule has 2 rings (SSSR count). The highest BCUT2D eigenvalue weighted by atomic mass is 32.1. The van der Waals surface area contributed by atoms with Gasteiger partial charge in [0.25, 0.3) is 0 Å². The number of nitrogens with two attached hydrogens (primary N) is 1. The van der Waals surface area contributed by atoms with Gasteiger partial charge in [-0.25, -0.2) is 0 Å². The molecule has 2 heterocycles. The summed E-state index contributed by atoms with van der Waals surface area (Å²) in [5, 5.41) is 0. The summed E-state index contributed by atoms with van der Waals surface area (Å²) in [6, 6.07) is 0. The molecular weight excluding hydrogens is 174 g/mol. The molecule has 0 radical (unpaired) electrons. The van der Waals surface area contributed by atoms with Crippen molar-refractivity contribution in [2.45, 2.75) is 20.1 Å². The van der Waals surface area contributed by atoms with Gasteiger partial charge in [0.05, 0.1) is 0 Å². The lowest BCUT2D eigenvalue weighted by atomic mass is 10.3. The van der Waals surface area contributed by atoms with Crippen molar-refractivity contribution < 1.29 is 9.47 Å². The fourth-order valence-electron chi connectivity index (χ4n) is 1.30. The highest BCUT2D eigenvalue weighted by Gasteiger charge is 2.23. The Bertz CT molecular complexity index is 308. The van der Waals surface area contributed by atoms with Crippen molar-refractivity contribution in [2.75, 3.05) is 6.61 Å². The third-order valence-electron chi connectivity index (χ3n) is 1.81. The van der Waals surface area contributed by atoms with E-state index in [2.05, 4.69) is 0 Å². The van der Waals surface area contributed by atoms with E-state index in [1.165, 1.54) is 0 Å². The van der Waals surface area contributed by atoms with Crippen molar-refractivity contribution in [1.82, 2.24) is 0 Å². The molecule has 4 heteroatoms. The first-order valence-electron chi connectivity index (χ1n) is 3.83. The molecule has 12 heavy (non-hydrogen) atoms. The maximum atomic E-state index is 5.59. The average Bonchev–Trinajstić information content (AvgIpc) is 2.28. The standard InChI is InChI=1S/C8H11NO2S/c1-4-7-8(5(2)12-4)11-6(9)3-10-7/h6H,3,9H2,1-2H3. The Balaban J connectivity index is 2.45. The maximum Gasteiger partial charge on any atom is 0.182 e. The summed E-state index contributed by atoms with van der Waals surface area (Å²) < 4.78 is 10.9. The minimum Gasteiger partial charge on any atom is -0.483 e. The molecule has 0 aromatic carbocycles. The molecule has 66 valence electrons. The van der Waals surface area contributed by atoms with E-state index in [1.807, 2.05) is 13.8 Å². The minimum atomic E-state index is -0.315. The van der Waals surface area contributed by atoms with E-state index < -0.39 is 0 Å². The zero-order valence-electron chi connectivity index (χ0n) is 7.09. The van der Waals surface area contributed by atoms with Gasteiger partial charge in [0, 0.05) is 9.75 Å². The van der Waals surface area contributed by atoms with Crippen molar-refractivity contribution in [1.29, 1.82) is 0 Å². The summed E-state index contributed by atoms with van der Waals surface area (Å²) >= 11 is 1.68. The number of thiophene rings is 1. The van der Waals surface area contributed by atoms with Crippen molar-refractivity contribution in [3.05, 3.63) is 9.75 Å². The van der Waals surface area contributed by atoms with E-state index in [1.54, 1.807) is 11.3 Å². The van der Waals surface area contributed by atoms with Gasteiger partial charge in [-0.1, -0.05) is 0 Å². The van der Waals surface area contributed by atoms with Gasteiger partial charge in [0.1, 0.15) is 6.61 Å². The summed E-state index contributed by atoms with van der Waals surface area (Å²) in [5.41, 5.74) is 5.59. The Morgan fingerprint density at radius 3 is 2.75 bits per heavy atom. The number of fused-ring (bicyclic) bond motifs is 1. The molecule has 1 aliphatic heterocycles. The highest BCUT2D eigenvalue weighted by molar-refractivity contribution is 7.12. The van der Waals surface area contributed by atoms with E-state index in [4.69, 9.17) is 15.2 Å². The van der Waals surface area contributed by atoms with Crippen molar-refractivity contribution in [2.24, 2.45) is 5.73 Å². The van der Waals surface area contributed by atoms with Crippen LogP contribution in [0.15, 0.2) is 0 Å². The predicted molar refractivity (Wildman–Crippen MR) is 47.9 cm³/mol. The summed E-state index contributed by atoms with van der Waals surface area (Å²) in [5.74, 6) is 1.70. The predicted octanol–water partition coefficient (Wildman–Crippen LogP) is 1.42. The van der Waals surface area contributed by atoms with Crippen LogP contribution in [0.25, 0.3) is 0 Å². The van der Waals surface area contributed by atoms with Crippen molar-refractivity contribution >= 4 is 11.3 Å². The van der Waals surface area contributed by atoms with Crippen molar-refractivity contribution in [3.8, 4) is 11.5 Å². The lowest BCUT2D eigenvalue weighted by Gasteiger charge is -2.22. The van der Waals surface area contributed by atoms with E-state index in [0.29, 0.717) is 6.61 Å². The summed E-state index contributed by atoms with van der Waals surface area (Å²) in [7, 11) is 0. The van der Waals surface area contributed by atoms with Gasteiger partial charge in [-0.05, 0) is 13.8 Å². The number of rotatable bonds is 0. The van der Waals surface area contributed by atoms with E-state index in [0.717, 1.165) is 21.3 Å². The van der Waals surface area contributed by atoms with Crippen LogP contribution in [-0.4, -0.2) is 12.8 Å². The Kier molecular flexibility index (Phi) is 1.73. The van der Waals surface area contributed by atoms with E-state index in [9.17, 15) is 0 Å². The number of hydrogen-bond donors (Lipinski definition) is 1. The molecular formula is C8H11NO2S. The zero-order chi connectivity index (χ0) is 8.72. The van der Waals surface area contributed by atoms with Gasteiger partial charge in [-0.3, -0.25) is 5.73 Å². The summed E-state index contributed by atoms with van der Waals surface area (Å²) in [6.07, 6.45) is -0.315. The van der Waals surface area contributed by atoms with Gasteiger partial charge < -0.3 is 9.47 Å². The first-order chi connectivity index (χ1) is 5.68. The van der Waals surface area contributed by atoms with Crippen LogP contribution >= 0.6 is 11.3 Å². The molecule has 1 unspecified atom stereocenters. The second-order valence-electron chi connectivity index (χ2n) is 2.84. The quantitative estimate of drug-likeness (QED) is 0.664. The van der Waals surface area contributed by atoms with Gasteiger partial charge in [-0.15, -0.1) is 11.3 Å². The minimum absolute atomic E-state index is 0.315. The SMILES string of the molecule is Cc1sc(C)c2c1OCC(N)O2. The molecule has 0 aliphatic carbocycles. The van der Waals surface area contributed by atoms with Gasteiger partial charge in [0.15, 0.2) is 17.7 Å². The summed E-state index contributed by atoms with van der Waals surface area (Å²) in [6.45, 7) is 4.48. The lowest BCUT2D eigenvalue weighted by molar-refractivity contribution is 0.0958. The second kappa shape index (κ2) is 2.64. The van der Waals surface area contributed by atoms with Gasteiger partial charge >= 0.3 is 0 Å². The molecule has 1 aliphatic rings. The fourth-order valence-corrected chi connectivity index (χ4v) is 2.23. The molecule has 0 amide bonds. The molecule has 0 saturated carbocycles. The molecule has 0 fully saturated rings. The van der Waals surface area contributed by atoms with Gasteiger partial charge in [0.2, 0.25) is 0 Å². The topological polar surface area (TPSA) is 44.5 Å². The third kappa shape index (κ3) is 1.07. The van der Waals surface area contributed by atoms with Crippen LogP contribution in [0.4, 0.5) is 0 Å². The molecule has 0 bridgehead atoms. The molecule has 0 saturated heterocycles. The zero-order valence-corrected chi connectivity index (χ0v) is 7.90. The van der Waals surface area contributed by atoms with Crippen LogP contribution in [0.3, 0.4) is 0 Å². The van der Waals surface area contributed by atoms with E-state index in [-0.39, 0.29) is 6.23 Å². The first-order valence-corrected chi connectivity index (χ1v) is 4.65. The fraction of sp³-hybridized carbons (Fsp3) is 0.500. The largest absolute Gasteiger partial charge is 0.483 e. The van der Waals surface area contributed by atoms with Crippen LogP contribution < -0.4 is 15.2 Å². The maximum absolute atomic E-state index is 5.59. The highest BCUT2D eigenvalue weighted by Crippen LogP contribution is 2.43. The Labute approximate surface area is 75.1 Å². The van der Waals surface area contributed by atoms with E-state index >= 15 is 0 Å². The molecule has 1 aromatic rings. The van der Waals surface area contributed by atoms with Crippen molar-refractivity contribution in [3.63, 3.8) is 0 Å². The van der Waals surface area contributed by atoms with Crippen LogP contribution in [0.5, 0.6) is 11.5 Å². The molecule has 0 spiro atoms. The molecule has 1 atom stereocenters. The molecule has 1 aromatic heterocycles. The third-order valence-corrected chi connectivity index (χ3v) is 2.80. The summed E-state index contributed by atoms with van der Waals surface area (Å²) in [4.78, 5) is 2.30. The van der Waals surface area contributed by atoms with Crippen LogP contribution in [0, 0.1) is 13.8 Å². The normalized spacial score (nSPS) is 21.1. The number of aryl methyl sites for hydroxylation is 2. The number of ether oxygens (including phenoxy) is 2. The average molecular weight is 185 g/mol. The smallest absolute Gasteiger partial charge is 0.182 e. The first kappa shape index (κ1) is 7.89. The van der Waals surface area contributed by atoms with Crippen LogP contribution in [0.2, 0.25) is 0 Å². The van der Waals surface area contributed by atoms with Gasteiger partial charge in [-0.2, -0.15) is 0 Å². The second-order valence-corrected chi connectivity index (χ2v) is 4.27. The van der Waals surface area contributed by atoms with Crippen LogP contribution in [-0.2, 0) is 0 Å². The monoisotopic (exact) mass is 185 g/mol. The molecule has 2 N–H and O–H groups in total. The Morgan fingerprint density at radius 1 is 1.33 bits per heavy atom. The molecule has 3 nitrogen and oxygen atoms in total. The Morgan fingerprint density at radius 2 is 2.00 bits per heavy atom. The number of hydrogen-bond acceptors (Lipinski definition) is 4. The lowest BCUT2D eigenvalue weighted by Crippen LogP contribution is -2.36. The van der Waals surface area contributed by atoms with Crippen LogP contribution in [0.1, 0.15) is 9.75 Å².